The van der Waals surface area contributed by atoms with Crippen LogP contribution in [0.25, 0.3) is 0 Å². The van der Waals surface area contributed by atoms with E-state index in [0.717, 1.165) is 12.0 Å². The van der Waals surface area contributed by atoms with Crippen molar-refractivity contribution < 1.29 is 9.59 Å². The zero-order chi connectivity index (χ0) is 16.7. The standard InChI is InChI=1S/C17H20ClN3O2/c18-15-5-2-1-4-14(15)6-7-16(22)20-10-3-11-21(13-12-20)17(23)8-9-19/h1-2,4-5H,3,6-8,10-13H2. The highest BCUT2D eigenvalue weighted by molar-refractivity contribution is 6.31. The Morgan fingerprint density at radius 1 is 1.09 bits per heavy atom. The van der Waals surface area contributed by atoms with Crippen LogP contribution in [0.15, 0.2) is 24.3 Å². The van der Waals surface area contributed by atoms with Crippen LogP contribution in [-0.2, 0) is 16.0 Å². The summed E-state index contributed by atoms with van der Waals surface area (Å²) in [5.41, 5.74) is 0.975. The number of nitrogens with zero attached hydrogens (tertiary/aromatic N) is 3. The van der Waals surface area contributed by atoms with E-state index in [1.807, 2.05) is 30.3 Å². The van der Waals surface area contributed by atoms with E-state index in [2.05, 4.69) is 0 Å². The molecule has 23 heavy (non-hydrogen) atoms. The van der Waals surface area contributed by atoms with E-state index in [-0.39, 0.29) is 18.2 Å². The highest BCUT2D eigenvalue weighted by Gasteiger charge is 2.21. The van der Waals surface area contributed by atoms with Gasteiger partial charge in [-0.3, -0.25) is 9.59 Å². The number of nitriles is 1. The first-order chi connectivity index (χ1) is 11.1. The van der Waals surface area contributed by atoms with Gasteiger partial charge in [-0.25, -0.2) is 0 Å². The Bertz CT molecular complexity index is 612. The maximum atomic E-state index is 12.4. The van der Waals surface area contributed by atoms with Crippen LogP contribution in [0.4, 0.5) is 0 Å². The lowest BCUT2D eigenvalue weighted by molar-refractivity contribution is -0.133. The molecule has 1 fully saturated rings. The van der Waals surface area contributed by atoms with E-state index in [1.54, 1.807) is 9.80 Å². The van der Waals surface area contributed by atoms with Crippen LogP contribution in [0.5, 0.6) is 0 Å². The van der Waals surface area contributed by atoms with E-state index in [9.17, 15) is 9.59 Å². The van der Waals surface area contributed by atoms with Crippen molar-refractivity contribution in [3.8, 4) is 6.07 Å². The van der Waals surface area contributed by atoms with E-state index >= 15 is 0 Å². The predicted molar refractivity (Wildman–Crippen MR) is 87.8 cm³/mol. The van der Waals surface area contributed by atoms with Crippen molar-refractivity contribution in [2.24, 2.45) is 0 Å². The topological polar surface area (TPSA) is 64.4 Å². The Morgan fingerprint density at radius 2 is 1.74 bits per heavy atom. The van der Waals surface area contributed by atoms with Crippen LogP contribution in [0.3, 0.4) is 0 Å². The van der Waals surface area contributed by atoms with Gasteiger partial charge in [-0.15, -0.1) is 0 Å². The zero-order valence-corrected chi connectivity index (χ0v) is 13.8. The molecule has 6 heteroatoms. The molecular formula is C17H20ClN3O2. The minimum atomic E-state index is -0.155. The Kier molecular flexibility index (Phi) is 6.42. The summed E-state index contributed by atoms with van der Waals surface area (Å²) in [5, 5.41) is 9.29. The number of rotatable bonds is 4. The second-order valence-corrected chi connectivity index (χ2v) is 5.95. The molecule has 0 bridgehead atoms. The fraction of sp³-hybridized carbons (Fsp3) is 0.471. The molecule has 0 saturated carbocycles. The summed E-state index contributed by atoms with van der Waals surface area (Å²) in [4.78, 5) is 27.6. The third kappa shape index (κ3) is 4.97. The van der Waals surface area contributed by atoms with Gasteiger partial charge >= 0.3 is 0 Å². The van der Waals surface area contributed by atoms with Gasteiger partial charge in [-0.05, 0) is 24.5 Å². The van der Waals surface area contributed by atoms with Gasteiger partial charge in [0.1, 0.15) is 6.42 Å². The van der Waals surface area contributed by atoms with Gasteiger partial charge < -0.3 is 9.80 Å². The Balaban J connectivity index is 1.85. The first-order valence-corrected chi connectivity index (χ1v) is 8.15. The molecule has 1 aromatic carbocycles. The quantitative estimate of drug-likeness (QED) is 0.848. The largest absolute Gasteiger partial charge is 0.341 e. The van der Waals surface area contributed by atoms with Crippen molar-refractivity contribution in [1.82, 2.24) is 9.80 Å². The Hall–Kier alpha value is -2.06. The molecule has 1 aliphatic heterocycles. The number of hydrogen-bond donors (Lipinski definition) is 0. The smallest absolute Gasteiger partial charge is 0.236 e. The minimum absolute atomic E-state index is 0.0829. The fourth-order valence-electron chi connectivity index (χ4n) is 2.70. The molecule has 2 amide bonds. The van der Waals surface area contributed by atoms with Gasteiger partial charge in [0.05, 0.1) is 6.07 Å². The molecule has 1 heterocycles. The van der Waals surface area contributed by atoms with Crippen molar-refractivity contribution >= 4 is 23.4 Å². The SMILES string of the molecule is N#CCC(=O)N1CCCN(C(=O)CCc2ccccc2Cl)CC1. The van der Waals surface area contributed by atoms with Crippen molar-refractivity contribution in [3.63, 3.8) is 0 Å². The number of hydrogen-bond acceptors (Lipinski definition) is 3. The molecular weight excluding hydrogens is 314 g/mol. The average Bonchev–Trinajstić information content (AvgIpc) is 2.80. The predicted octanol–water partition coefficient (Wildman–Crippen LogP) is 2.25. The molecule has 0 atom stereocenters. The molecule has 5 nitrogen and oxygen atoms in total. The van der Waals surface area contributed by atoms with Crippen molar-refractivity contribution in [2.45, 2.75) is 25.7 Å². The second-order valence-electron chi connectivity index (χ2n) is 5.54. The molecule has 1 saturated heterocycles. The first kappa shape index (κ1) is 17.3. The van der Waals surface area contributed by atoms with Gasteiger partial charge in [-0.1, -0.05) is 29.8 Å². The molecule has 0 unspecified atom stereocenters. The van der Waals surface area contributed by atoms with Gasteiger partial charge in [-0.2, -0.15) is 5.26 Å². The molecule has 2 rings (SSSR count). The van der Waals surface area contributed by atoms with Gasteiger partial charge in [0.15, 0.2) is 0 Å². The first-order valence-electron chi connectivity index (χ1n) is 7.77. The van der Waals surface area contributed by atoms with Crippen LogP contribution in [0.1, 0.15) is 24.8 Å². The molecule has 122 valence electrons. The third-order valence-electron chi connectivity index (χ3n) is 4.00. The Labute approximate surface area is 141 Å². The number of carbonyl (C=O) groups excluding carboxylic acids is 2. The number of amides is 2. The molecule has 0 aromatic heterocycles. The molecule has 0 spiro atoms. The van der Waals surface area contributed by atoms with Crippen LogP contribution in [0.2, 0.25) is 5.02 Å². The average molecular weight is 334 g/mol. The summed E-state index contributed by atoms with van der Waals surface area (Å²) in [6.45, 7) is 2.28. The lowest BCUT2D eigenvalue weighted by atomic mass is 10.1. The molecule has 1 aliphatic rings. The lowest BCUT2D eigenvalue weighted by Gasteiger charge is -2.21. The maximum Gasteiger partial charge on any atom is 0.236 e. The third-order valence-corrected chi connectivity index (χ3v) is 4.37. The van der Waals surface area contributed by atoms with E-state index < -0.39 is 0 Å². The summed E-state index contributed by atoms with van der Waals surface area (Å²) < 4.78 is 0. The molecule has 1 aromatic rings. The molecule has 0 radical (unpaired) electrons. The van der Waals surface area contributed by atoms with Crippen LogP contribution in [-0.4, -0.2) is 47.8 Å². The number of aryl methyl sites for hydroxylation is 1. The monoisotopic (exact) mass is 333 g/mol. The van der Waals surface area contributed by atoms with Crippen LogP contribution >= 0.6 is 11.6 Å². The van der Waals surface area contributed by atoms with Crippen molar-refractivity contribution in [1.29, 1.82) is 5.26 Å². The van der Waals surface area contributed by atoms with Crippen molar-refractivity contribution in [2.75, 3.05) is 26.2 Å². The Morgan fingerprint density at radius 3 is 2.39 bits per heavy atom. The lowest BCUT2D eigenvalue weighted by Crippen LogP contribution is -2.37. The van der Waals surface area contributed by atoms with Crippen LogP contribution < -0.4 is 0 Å². The van der Waals surface area contributed by atoms with Gasteiger partial charge in [0, 0.05) is 37.6 Å². The molecule has 0 aliphatic carbocycles. The zero-order valence-electron chi connectivity index (χ0n) is 13.0. The summed E-state index contributed by atoms with van der Waals surface area (Å²) >= 11 is 6.11. The number of halogens is 1. The summed E-state index contributed by atoms with van der Waals surface area (Å²) in [7, 11) is 0. The van der Waals surface area contributed by atoms with E-state index in [0.29, 0.717) is 44.0 Å². The van der Waals surface area contributed by atoms with Crippen LogP contribution in [0, 0.1) is 11.3 Å². The summed E-state index contributed by atoms with van der Waals surface area (Å²) in [6.07, 6.45) is 1.68. The number of benzene rings is 1. The van der Waals surface area contributed by atoms with Gasteiger partial charge in [0.2, 0.25) is 11.8 Å². The molecule has 0 N–H and O–H groups in total. The van der Waals surface area contributed by atoms with Crippen molar-refractivity contribution in [3.05, 3.63) is 34.9 Å². The van der Waals surface area contributed by atoms with E-state index in [4.69, 9.17) is 16.9 Å². The normalized spacial score (nSPS) is 15.0. The maximum absolute atomic E-state index is 12.4. The minimum Gasteiger partial charge on any atom is -0.341 e. The van der Waals surface area contributed by atoms with Gasteiger partial charge in [0.25, 0.3) is 0 Å². The fourth-order valence-corrected chi connectivity index (χ4v) is 2.93. The highest BCUT2D eigenvalue weighted by atomic mass is 35.5. The summed E-state index contributed by atoms with van der Waals surface area (Å²) in [5.74, 6) is -0.0719. The van der Waals surface area contributed by atoms with E-state index in [1.165, 1.54) is 0 Å². The highest BCUT2D eigenvalue weighted by Crippen LogP contribution is 2.17. The second kappa shape index (κ2) is 8.54. The number of carbonyl (C=O) groups is 2. The summed E-state index contributed by atoms with van der Waals surface area (Å²) in [6, 6.07) is 9.42.